The molecule has 32 heavy (non-hydrogen) atoms. The summed E-state index contributed by atoms with van der Waals surface area (Å²) >= 11 is 0. The van der Waals surface area contributed by atoms with Gasteiger partial charge in [0, 0.05) is 38.0 Å². The molecule has 10 heteroatoms. The summed E-state index contributed by atoms with van der Waals surface area (Å²) in [6.07, 6.45) is 4.59. The van der Waals surface area contributed by atoms with Crippen molar-refractivity contribution >= 4 is 23.3 Å². The highest BCUT2D eigenvalue weighted by atomic mass is 19.1. The number of nitrogens with two attached hydrogens (primary N) is 1. The van der Waals surface area contributed by atoms with Gasteiger partial charge in [-0.05, 0) is 37.1 Å². The maximum Gasteiger partial charge on any atom is 0.259 e. The molecule has 1 aliphatic rings. The summed E-state index contributed by atoms with van der Waals surface area (Å²) < 4.78 is 28.9. The van der Waals surface area contributed by atoms with Gasteiger partial charge in [-0.2, -0.15) is 5.10 Å². The van der Waals surface area contributed by atoms with E-state index in [0.29, 0.717) is 18.1 Å². The molecule has 0 bridgehead atoms. The quantitative estimate of drug-likeness (QED) is 0.635. The maximum atomic E-state index is 14.2. The molecule has 3 N–H and O–H groups in total. The van der Waals surface area contributed by atoms with E-state index in [1.165, 1.54) is 23.1 Å². The van der Waals surface area contributed by atoms with Gasteiger partial charge in [-0.3, -0.25) is 14.3 Å². The van der Waals surface area contributed by atoms with E-state index >= 15 is 0 Å². The number of amides is 2. The largest absolute Gasteiger partial charge is 0.369 e. The van der Waals surface area contributed by atoms with E-state index < -0.39 is 17.5 Å². The normalized spacial score (nSPS) is 16.1. The number of carbonyl (C=O) groups excluding carboxylic acids is 2. The van der Waals surface area contributed by atoms with Crippen LogP contribution < -0.4 is 16.0 Å². The fourth-order valence-corrected chi connectivity index (χ4v) is 3.80. The van der Waals surface area contributed by atoms with Crippen LogP contribution in [0.5, 0.6) is 0 Å². The van der Waals surface area contributed by atoms with E-state index in [9.17, 15) is 18.4 Å². The molecule has 1 unspecified atom stereocenters. The van der Waals surface area contributed by atoms with Crippen LogP contribution in [-0.2, 0) is 11.8 Å². The van der Waals surface area contributed by atoms with Gasteiger partial charge in [-0.15, -0.1) is 0 Å². The third kappa shape index (κ3) is 4.43. The first-order chi connectivity index (χ1) is 15.3. The summed E-state index contributed by atoms with van der Waals surface area (Å²) in [4.78, 5) is 30.7. The summed E-state index contributed by atoms with van der Waals surface area (Å²) in [5.41, 5.74) is 6.15. The van der Waals surface area contributed by atoms with Crippen LogP contribution >= 0.6 is 0 Å². The molecule has 0 spiro atoms. The molecule has 0 saturated carbocycles. The Bertz CT molecular complexity index is 1160. The van der Waals surface area contributed by atoms with E-state index in [1.54, 1.807) is 19.2 Å². The van der Waals surface area contributed by atoms with Crippen LogP contribution in [0, 0.1) is 17.6 Å². The zero-order valence-electron chi connectivity index (χ0n) is 17.4. The highest BCUT2D eigenvalue weighted by Crippen LogP contribution is 2.27. The monoisotopic (exact) mass is 440 g/mol. The number of aromatic nitrogens is 3. The molecule has 1 aromatic carbocycles. The molecule has 4 rings (SSSR count). The number of benzene rings is 1. The van der Waals surface area contributed by atoms with Gasteiger partial charge in [0.25, 0.3) is 5.91 Å². The molecular formula is C22H22F2N6O2. The Balaban J connectivity index is 1.51. The molecule has 0 radical (unpaired) electrons. The average molecular weight is 440 g/mol. The molecule has 1 aliphatic heterocycles. The van der Waals surface area contributed by atoms with Crippen LogP contribution in [0.15, 0.2) is 42.7 Å². The van der Waals surface area contributed by atoms with Gasteiger partial charge in [0.2, 0.25) is 5.91 Å². The van der Waals surface area contributed by atoms with E-state index in [2.05, 4.69) is 15.4 Å². The number of hydrogen-bond donors (Lipinski definition) is 2. The molecule has 2 aromatic heterocycles. The van der Waals surface area contributed by atoms with Gasteiger partial charge < -0.3 is 16.0 Å². The lowest BCUT2D eigenvalue weighted by Crippen LogP contribution is -2.41. The lowest BCUT2D eigenvalue weighted by Gasteiger charge is -2.32. The van der Waals surface area contributed by atoms with Crippen LogP contribution in [0.2, 0.25) is 0 Å². The summed E-state index contributed by atoms with van der Waals surface area (Å²) in [5.74, 6) is -1.86. The van der Waals surface area contributed by atoms with Gasteiger partial charge in [0.15, 0.2) is 0 Å². The fourth-order valence-electron chi connectivity index (χ4n) is 3.80. The fraction of sp³-hybridized carbons (Fsp3) is 0.273. The van der Waals surface area contributed by atoms with Crippen molar-refractivity contribution in [2.75, 3.05) is 23.3 Å². The molecule has 3 aromatic rings. The van der Waals surface area contributed by atoms with Crippen LogP contribution in [0.4, 0.5) is 20.3 Å². The van der Waals surface area contributed by atoms with Gasteiger partial charge in [0.1, 0.15) is 23.1 Å². The van der Waals surface area contributed by atoms with E-state index in [0.717, 1.165) is 31.5 Å². The molecule has 1 atom stereocenters. The molecule has 1 fully saturated rings. The lowest BCUT2D eigenvalue weighted by atomic mass is 9.97. The standard InChI is InChI=1S/C22H22F2N6O2/c1-29-12-17(20(28-29)16-6-4-14(23)9-18(16)24)22(32)27-15-5-7-19(26-10-15)30-8-2-3-13(11-30)21(25)31/h4-7,9-10,12-13H,2-3,8,11H2,1H3,(H2,25,31)(H,27,32). The molecule has 1 saturated heterocycles. The molecule has 2 amide bonds. The number of carbonyl (C=O) groups is 2. The number of aryl methyl sites for hydroxylation is 1. The molecular weight excluding hydrogens is 418 g/mol. The topological polar surface area (TPSA) is 106 Å². The minimum atomic E-state index is -0.806. The SMILES string of the molecule is Cn1cc(C(=O)Nc2ccc(N3CCCC(C(N)=O)C3)nc2)c(-c2ccc(F)cc2F)n1. The highest BCUT2D eigenvalue weighted by Gasteiger charge is 2.25. The van der Waals surface area contributed by atoms with Crippen molar-refractivity contribution in [1.29, 1.82) is 0 Å². The summed E-state index contributed by atoms with van der Waals surface area (Å²) in [6.45, 7) is 1.28. The zero-order chi connectivity index (χ0) is 22.8. The van der Waals surface area contributed by atoms with Gasteiger partial charge in [-0.1, -0.05) is 0 Å². The van der Waals surface area contributed by atoms with Crippen LogP contribution in [0.25, 0.3) is 11.3 Å². The number of rotatable bonds is 5. The average Bonchev–Trinajstić information content (AvgIpc) is 3.16. The second-order valence-electron chi connectivity index (χ2n) is 7.74. The minimum Gasteiger partial charge on any atom is -0.369 e. The number of halogens is 2. The van der Waals surface area contributed by atoms with Crippen LogP contribution in [0.1, 0.15) is 23.2 Å². The first kappa shape index (κ1) is 21.4. The second-order valence-corrected chi connectivity index (χ2v) is 7.74. The third-order valence-corrected chi connectivity index (χ3v) is 5.41. The van der Waals surface area contributed by atoms with Crippen molar-refractivity contribution in [3.05, 3.63) is 59.9 Å². The lowest BCUT2D eigenvalue weighted by molar-refractivity contribution is -0.122. The van der Waals surface area contributed by atoms with Crippen molar-refractivity contribution < 1.29 is 18.4 Å². The molecule has 8 nitrogen and oxygen atoms in total. The summed E-state index contributed by atoms with van der Waals surface area (Å²) in [6, 6.07) is 6.56. The predicted octanol–water partition coefficient (Wildman–Crippen LogP) is 2.71. The second kappa shape index (κ2) is 8.74. The molecule has 0 aliphatic carbocycles. The van der Waals surface area contributed by atoms with E-state index in [1.807, 2.05) is 4.90 Å². The predicted molar refractivity (Wildman–Crippen MR) is 115 cm³/mol. The number of primary amides is 1. The summed E-state index contributed by atoms with van der Waals surface area (Å²) in [5, 5.41) is 6.89. The Hall–Kier alpha value is -3.82. The molecule has 3 heterocycles. The Morgan fingerprint density at radius 3 is 2.72 bits per heavy atom. The first-order valence-electron chi connectivity index (χ1n) is 10.1. The minimum absolute atomic E-state index is 0.0275. The Kier molecular flexibility index (Phi) is 5.85. The number of piperidine rings is 1. The zero-order valence-corrected chi connectivity index (χ0v) is 17.4. The Labute approximate surface area is 183 Å². The number of pyridine rings is 1. The van der Waals surface area contributed by atoms with E-state index in [-0.39, 0.29) is 28.6 Å². The van der Waals surface area contributed by atoms with Gasteiger partial charge in [0.05, 0.1) is 23.4 Å². The smallest absolute Gasteiger partial charge is 0.259 e. The number of anilines is 2. The molecule has 166 valence electrons. The van der Waals surface area contributed by atoms with E-state index in [4.69, 9.17) is 5.73 Å². The first-order valence-corrected chi connectivity index (χ1v) is 10.1. The van der Waals surface area contributed by atoms with Gasteiger partial charge >= 0.3 is 0 Å². The number of hydrogen-bond acceptors (Lipinski definition) is 5. The van der Waals surface area contributed by atoms with Crippen molar-refractivity contribution in [2.45, 2.75) is 12.8 Å². The Morgan fingerprint density at radius 2 is 2.03 bits per heavy atom. The van der Waals surface area contributed by atoms with Crippen molar-refractivity contribution in [1.82, 2.24) is 14.8 Å². The van der Waals surface area contributed by atoms with Crippen molar-refractivity contribution in [3.8, 4) is 11.3 Å². The maximum absolute atomic E-state index is 14.2. The highest BCUT2D eigenvalue weighted by molar-refractivity contribution is 6.08. The third-order valence-electron chi connectivity index (χ3n) is 5.41. The number of nitrogens with one attached hydrogen (secondary N) is 1. The summed E-state index contributed by atoms with van der Waals surface area (Å²) in [7, 11) is 1.61. The number of nitrogens with zero attached hydrogens (tertiary/aromatic N) is 4. The van der Waals surface area contributed by atoms with Crippen LogP contribution in [-0.4, -0.2) is 39.7 Å². The van der Waals surface area contributed by atoms with Crippen molar-refractivity contribution in [3.63, 3.8) is 0 Å². The van der Waals surface area contributed by atoms with Crippen LogP contribution in [0.3, 0.4) is 0 Å². The van der Waals surface area contributed by atoms with Crippen molar-refractivity contribution in [2.24, 2.45) is 18.7 Å². The Morgan fingerprint density at radius 1 is 1.22 bits per heavy atom. The van der Waals surface area contributed by atoms with Gasteiger partial charge in [-0.25, -0.2) is 13.8 Å².